The van der Waals surface area contributed by atoms with Gasteiger partial charge >= 0.3 is 6.36 Å². The van der Waals surface area contributed by atoms with Crippen LogP contribution < -0.4 is 20.1 Å². The molecule has 0 aliphatic rings. The third kappa shape index (κ3) is 5.87. The minimum Gasteiger partial charge on any atom is -0.481 e. The predicted octanol–water partition coefficient (Wildman–Crippen LogP) is 3.43. The number of methoxy groups -OCH3 is 1. The third-order valence-electron chi connectivity index (χ3n) is 3.08. The lowest BCUT2D eigenvalue weighted by atomic mass is 10.2. The number of anilines is 2. The summed E-state index contributed by atoms with van der Waals surface area (Å²) < 4.78 is 45.0. The standard InChI is InChI=1S/C16H16F3N3O3/c1-10(21-12-5-8-14(24-2)20-9-12)15(23)22-11-3-6-13(7-4-11)25-16(17,18)19/h3-10,21H,1-2H3,(H,22,23)/t10-/m0/s1. The molecule has 9 heteroatoms. The van der Waals surface area contributed by atoms with Crippen molar-refractivity contribution in [3.8, 4) is 11.6 Å². The van der Waals surface area contributed by atoms with E-state index in [1.54, 1.807) is 19.1 Å². The maximum absolute atomic E-state index is 12.1. The quantitative estimate of drug-likeness (QED) is 0.831. The number of rotatable bonds is 6. The minimum atomic E-state index is -4.75. The summed E-state index contributed by atoms with van der Waals surface area (Å²) in [4.78, 5) is 16.1. The molecule has 2 N–H and O–H groups in total. The van der Waals surface area contributed by atoms with Gasteiger partial charge in [-0.15, -0.1) is 13.2 Å². The monoisotopic (exact) mass is 355 g/mol. The van der Waals surface area contributed by atoms with Crippen LogP contribution in [0.3, 0.4) is 0 Å². The predicted molar refractivity (Wildman–Crippen MR) is 85.6 cm³/mol. The molecule has 0 radical (unpaired) electrons. The fraction of sp³-hybridized carbons (Fsp3) is 0.250. The topological polar surface area (TPSA) is 72.5 Å². The van der Waals surface area contributed by atoms with E-state index < -0.39 is 12.4 Å². The smallest absolute Gasteiger partial charge is 0.481 e. The SMILES string of the molecule is COc1ccc(N[C@@H](C)C(=O)Nc2ccc(OC(F)(F)F)cc2)cn1. The van der Waals surface area contributed by atoms with Crippen LogP contribution in [-0.2, 0) is 4.79 Å². The van der Waals surface area contributed by atoms with Gasteiger partial charge in [0.2, 0.25) is 11.8 Å². The van der Waals surface area contributed by atoms with Crippen LogP contribution in [0.2, 0.25) is 0 Å². The average molecular weight is 355 g/mol. The second-order valence-corrected chi connectivity index (χ2v) is 5.02. The molecule has 0 aliphatic heterocycles. The number of nitrogens with one attached hydrogen (secondary N) is 2. The van der Waals surface area contributed by atoms with Crippen molar-refractivity contribution >= 4 is 17.3 Å². The van der Waals surface area contributed by atoms with E-state index in [2.05, 4.69) is 20.4 Å². The first-order valence-corrected chi connectivity index (χ1v) is 7.20. The van der Waals surface area contributed by atoms with Gasteiger partial charge in [-0.05, 0) is 37.3 Å². The highest BCUT2D eigenvalue weighted by Gasteiger charge is 2.31. The van der Waals surface area contributed by atoms with Crippen molar-refractivity contribution in [2.45, 2.75) is 19.3 Å². The number of ether oxygens (including phenoxy) is 2. The van der Waals surface area contributed by atoms with E-state index in [1.807, 2.05) is 0 Å². The summed E-state index contributed by atoms with van der Waals surface area (Å²) in [5.74, 6) is -0.273. The van der Waals surface area contributed by atoms with Crippen molar-refractivity contribution in [1.82, 2.24) is 4.98 Å². The number of benzene rings is 1. The Morgan fingerprint density at radius 2 is 1.76 bits per heavy atom. The largest absolute Gasteiger partial charge is 0.573 e. The summed E-state index contributed by atoms with van der Waals surface area (Å²) in [6, 6.07) is 7.64. The zero-order chi connectivity index (χ0) is 18.4. The average Bonchev–Trinajstić information content (AvgIpc) is 2.56. The summed E-state index contributed by atoms with van der Waals surface area (Å²) in [5.41, 5.74) is 0.971. The van der Waals surface area contributed by atoms with E-state index in [0.29, 0.717) is 17.3 Å². The molecule has 0 fully saturated rings. The molecule has 1 aromatic heterocycles. The number of alkyl halides is 3. The number of carbonyl (C=O) groups excluding carboxylic acids is 1. The molecular formula is C16H16F3N3O3. The highest BCUT2D eigenvalue weighted by molar-refractivity contribution is 5.96. The molecule has 1 amide bonds. The Morgan fingerprint density at radius 3 is 2.28 bits per heavy atom. The van der Waals surface area contributed by atoms with Crippen LogP contribution in [0.25, 0.3) is 0 Å². The molecule has 1 aromatic carbocycles. The normalized spacial score (nSPS) is 12.2. The van der Waals surface area contributed by atoms with E-state index in [9.17, 15) is 18.0 Å². The molecule has 1 heterocycles. The second kappa shape index (κ2) is 7.73. The Labute approximate surface area is 142 Å². The van der Waals surface area contributed by atoms with Crippen molar-refractivity contribution < 1.29 is 27.4 Å². The summed E-state index contributed by atoms with van der Waals surface area (Å²) >= 11 is 0. The molecule has 6 nitrogen and oxygen atoms in total. The van der Waals surface area contributed by atoms with E-state index in [-0.39, 0.29) is 11.7 Å². The summed E-state index contributed by atoms with van der Waals surface area (Å²) in [6.45, 7) is 1.64. The highest BCUT2D eigenvalue weighted by Crippen LogP contribution is 2.24. The van der Waals surface area contributed by atoms with Crippen LogP contribution in [-0.4, -0.2) is 30.4 Å². The number of nitrogens with zero attached hydrogens (tertiary/aromatic N) is 1. The Bertz CT molecular complexity index is 703. The number of hydrogen-bond donors (Lipinski definition) is 2. The van der Waals surface area contributed by atoms with Gasteiger partial charge in [0.15, 0.2) is 0 Å². The number of aromatic nitrogens is 1. The van der Waals surface area contributed by atoms with E-state index in [4.69, 9.17) is 4.74 Å². The van der Waals surface area contributed by atoms with Gasteiger partial charge in [-0.3, -0.25) is 4.79 Å². The molecule has 1 atom stereocenters. The first kappa shape index (κ1) is 18.4. The molecule has 0 saturated heterocycles. The Morgan fingerprint density at radius 1 is 1.12 bits per heavy atom. The molecule has 2 aromatic rings. The molecule has 0 aliphatic carbocycles. The molecule has 0 saturated carbocycles. The lowest BCUT2D eigenvalue weighted by molar-refractivity contribution is -0.274. The van der Waals surface area contributed by atoms with Gasteiger partial charge in [-0.2, -0.15) is 0 Å². The summed E-state index contributed by atoms with van der Waals surface area (Å²) in [5, 5.41) is 5.54. The van der Waals surface area contributed by atoms with E-state index >= 15 is 0 Å². The van der Waals surface area contributed by atoms with Crippen LogP contribution in [0.15, 0.2) is 42.6 Å². The van der Waals surface area contributed by atoms with Gasteiger partial charge < -0.3 is 20.1 Å². The molecule has 134 valence electrons. The van der Waals surface area contributed by atoms with Crippen LogP contribution >= 0.6 is 0 Å². The zero-order valence-corrected chi connectivity index (χ0v) is 13.4. The lowest BCUT2D eigenvalue weighted by Crippen LogP contribution is -2.31. The summed E-state index contributed by atoms with van der Waals surface area (Å²) in [7, 11) is 1.50. The molecule has 0 bridgehead atoms. The Balaban J connectivity index is 1.91. The maximum atomic E-state index is 12.1. The number of carbonyl (C=O) groups is 1. The van der Waals surface area contributed by atoms with Gasteiger partial charge in [0, 0.05) is 11.8 Å². The molecule has 2 rings (SSSR count). The molecule has 0 spiro atoms. The fourth-order valence-corrected chi connectivity index (χ4v) is 1.89. The number of halogens is 3. The van der Waals surface area contributed by atoms with Crippen LogP contribution in [0.5, 0.6) is 11.6 Å². The number of hydrogen-bond acceptors (Lipinski definition) is 5. The maximum Gasteiger partial charge on any atom is 0.573 e. The van der Waals surface area contributed by atoms with E-state index in [1.165, 1.54) is 25.4 Å². The van der Waals surface area contributed by atoms with Gasteiger partial charge in [0.25, 0.3) is 0 Å². The minimum absolute atomic E-state index is 0.348. The van der Waals surface area contributed by atoms with Crippen LogP contribution in [0, 0.1) is 0 Å². The third-order valence-corrected chi connectivity index (χ3v) is 3.08. The fourth-order valence-electron chi connectivity index (χ4n) is 1.89. The second-order valence-electron chi connectivity index (χ2n) is 5.02. The lowest BCUT2D eigenvalue weighted by Gasteiger charge is -2.15. The molecule has 25 heavy (non-hydrogen) atoms. The van der Waals surface area contributed by atoms with Crippen molar-refractivity contribution in [1.29, 1.82) is 0 Å². The molecule has 0 unspecified atom stereocenters. The highest BCUT2D eigenvalue weighted by atomic mass is 19.4. The van der Waals surface area contributed by atoms with Crippen molar-refractivity contribution in [3.63, 3.8) is 0 Å². The van der Waals surface area contributed by atoms with Gasteiger partial charge in [-0.25, -0.2) is 4.98 Å². The Kier molecular flexibility index (Phi) is 5.68. The van der Waals surface area contributed by atoms with Crippen LogP contribution in [0.1, 0.15) is 6.92 Å². The number of amides is 1. The van der Waals surface area contributed by atoms with Gasteiger partial charge in [-0.1, -0.05) is 0 Å². The Hall–Kier alpha value is -2.97. The zero-order valence-electron chi connectivity index (χ0n) is 13.4. The van der Waals surface area contributed by atoms with Gasteiger partial charge in [0.1, 0.15) is 11.8 Å². The first-order chi connectivity index (χ1) is 11.8. The van der Waals surface area contributed by atoms with Crippen molar-refractivity contribution in [2.24, 2.45) is 0 Å². The van der Waals surface area contributed by atoms with Crippen molar-refractivity contribution in [3.05, 3.63) is 42.6 Å². The van der Waals surface area contributed by atoms with E-state index in [0.717, 1.165) is 12.1 Å². The first-order valence-electron chi connectivity index (χ1n) is 7.20. The number of pyridine rings is 1. The summed E-state index contributed by atoms with van der Waals surface area (Å²) in [6.07, 6.45) is -3.23. The van der Waals surface area contributed by atoms with Crippen LogP contribution in [0.4, 0.5) is 24.5 Å². The van der Waals surface area contributed by atoms with Gasteiger partial charge in [0.05, 0.1) is 19.0 Å². The molecular weight excluding hydrogens is 339 g/mol. The van der Waals surface area contributed by atoms with Crippen molar-refractivity contribution in [2.75, 3.05) is 17.7 Å².